The van der Waals surface area contributed by atoms with Crippen molar-refractivity contribution in [3.63, 3.8) is 0 Å². The molecule has 150 valence electrons. The number of ether oxygens (including phenoxy) is 1. The quantitative estimate of drug-likeness (QED) is 0.598. The Kier molecular flexibility index (Phi) is 5.42. The van der Waals surface area contributed by atoms with Gasteiger partial charge in [0.15, 0.2) is 0 Å². The first-order valence-electron chi connectivity index (χ1n) is 8.91. The van der Waals surface area contributed by atoms with E-state index in [4.69, 9.17) is 16.3 Å². The molecule has 0 aromatic carbocycles. The third-order valence-electron chi connectivity index (χ3n) is 4.80. The summed E-state index contributed by atoms with van der Waals surface area (Å²) in [6, 6.07) is 3.41. The van der Waals surface area contributed by atoms with Gasteiger partial charge in [-0.1, -0.05) is 22.9 Å². The molecule has 1 aliphatic rings. The monoisotopic (exact) mass is 433 g/mol. The van der Waals surface area contributed by atoms with Crippen LogP contribution in [0.15, 0.2) is 24.5 Å². The maximum absolute atomic E-state index is 13.6. The number of aromatic nitrogens is 4. The van der Waals surface area contributed by atoms with Crippen LogP contribution in [0.25, 0.3) is 11.1 Å². The zero-order valence-electron chi connectivity index (χ0n) is 15.6. The Hall–Kier alpha value is -2.65. The Morgan fingerprint density at radius 3 is 2.76 bits per heavy atom. The first-order valence-corrected chi connectivity index (χ1v) is 10.1. The third-order valence-corrected chi connectivity index (χ3v) is 5.98. The number of nitrogens with one attached hydrogen (secondary N) is 1. The summed E-state index contributed by atoms with van der Waals surface area (Å²) in [5, 5.41) is 11.9. The van der Waals surface area contributed by atoms with Crippen LogP contribution in [0.3, 0.4) is 0 Å². The maximum Gasteiger partial charge on any atom is 0.259 e. The Bertz CT molecular complexity index is 1080. The van der Waals surface area contributed by atoms with Crippen molar-refractivity contribution in [3.8, 4) is 16.9 Å². The number of aryl methyl sites for hydroxylation is 1. The average molecular weight is 434 g/mol. The minimum Gasteiger partial charge on any atom is -0.494 e. The standard InChI is InChI=1S/C19H17ClFN5O2S/c1-9-5-11(12-6-16(20)23-8-15(12)28-2)13(7-22-9)17(27)24-19-26-25-18(29-19)10-3-4-14(10)21/h5-8,10,14H,3-4H2,1-2H3,(H,24,26,27)/t10-,14-/m0/s1. The van der Waals surface area contributed by atoms with E-state index in [-0.39, 0.29) is 11.1 Å². The van der Waals surface area contributed by atoms with Crippen LogP contribution in [-0.2, 0) is 0 Å². The summed E-state index contributed by atoms with van der Waals surface area (Å²) in [7, 11) is 1.52. The molecule has 0 bridgehead atoms. The third kappa shape index (κ3) is 3.92. The lowest BCUT2D eigenvalue weighted by atomic mass is 9.84. The van der Waals surface area contributed by atoms with Gasteiger partial charge in [0.05, 0.1) is 18.9 Å². The van der Waals surface area contributed by atoms with E-state index in [0.29, 0.717) is 39.0 Å². The molecule has 0 spiro atoms. The molecule has 4 rings (SSSR count). The molecule has 1 amide bonds. The van der Waals surface area contributed by atoms with Crippen LogP contribution in [0.1, 0.15) is 39.8 Å². The number of carbonyl (C=O) groups excluding carboxylic acids is 1. The van der Waals surface area contributed by atoms with Crippen molar-refractivity contribution >= 4 is 34.0 Å². The Labute approximate surface area is 175 Å². The van der Waals surface area contributed by atoms with E-state index in [1.165, 1.54) is 30.8 Å². The minimum atomic E-state index is -0.886. The van der Waals surface area contributed by atoms with Crippen molar-refractivity contribution in [2.45, 2.75) is 31.9 Å². The topological polar surface area (TPSA) is 89.9 Å². The number of hydrogen-bond acceptors (Lipinski definition) is 7. The smallest absolute Gasteiger partial charge is 0.259 e. The molecule has 1 saturated carbocycles. The lowest BCUT2D eigenvalue weighted by molar-refractivity contribution is 0.102. The number of carbonyl (C=O) groups is 1. The number of nitrogens with zero attached hydrogens (tertiary/aromatic N) is 4. The fourth-order valence-corrected chi connectivity index (χ4v) is 4.17. The van der Waals surface area contributed by atoms with Gasteiger partial charge in [-0.3, -0.25) is 15.1 Å². The molecule has 1 N–H and O–H groups in total. The van der Waals surface area contributed by atoms with Gasteiger partial charge in [-0.05, 0) is 31.9 Å². The van der Waals surface area contributed by atoms with E-state index in [1.807, 2.05) is 6.92 Å². The first-order chi connectivity index (χ1) is 14.0. The first kappa shape index (κ1) is 19.7. The Morgan fingerprint density at radius 2 is 2.07 bits per heavy atom. The average Bonchev–Trinajstić information content (AvgIpc) is 3.13. The molecule has 3 aromatic rings. The molecule has 29 heavy (non-hydrogen) atoms. The van der Waals surface area contributed by atoms with Gasteiger partial charge in [0.2, 0.25) is 5.13 Å². The molecular formula is C19H17ClFN5O2S. The second-order valence-electron chi connectivity index (χ2n) is 6.68. The normalized spacial score (nSPS) is 18.2. The second kappa shape index (κ2) is 8.00. The van der Waals surface area contributed by atoms with Gasteiger partial charge < -0.3 is 4.74 Å². The van der Waals surface area contributed by atoms with E-state index >= 15 is 0 Å². The molecular weight excluding hydrogens is 417 g/mol. The van der Waals surface area contributed by atoms with Crippen LogP contribution >= 0.6 is 22.9 Å². The lowest BCUT2D eigenvalue weighted by Gasteiger charge is -2.27. The highest BCUT2D eigenvalue weighted by Gasteiger charge is 2.35. The van der Waals surface area contributed by atoms with Gasteiger partial charge in [0.25, 0.3) is 5.91 Å². The SMILES string of the molecule is COc1cnc(Cl)cc1-c1cc(C)ncc1C(=O)Nc1nnc([C@H]2CC[C@@H]2F)s1. The molecule has 3 aromatic heterocycles. The number of amides is 1. The van der Waals surface area contributed by atoms with Gasteiger partial charge in [-0.25, -0.2) is 9.37 Å². The highest BCUT2D eigenvalue weighted by molar-refractivity contribution is 7.15. The molecule has 1 aliphatic carbocycles. The van der Waals surface area contributed by atoms with E-state index in [2.05, 4.69) is 25.5 Å². The van der Waals surface area contributed by atoms with Crippen LogP contribution < -0.4 is 10.1 Å². The number of rotatable bonds is 5. The summed E-state index contributed by atoms with van der Waals surface area (Å²) in [4.78, 5) is 21.2. The van der Waals surface area contributed by atoms with Crippen LogP contribution in [-0.4, -0.2) is 39.4 Å². The second-order valence-corrected chi connectivity index (χ2v) is 8.07. The molecule has 10 heteroatoms. The summed E-state index contributed by atoms with van der Waals surface area (Å²) < 4.78 is 19.0. The van der Waals surface area contributed by atoms with Crippen LogP contribution in [0.4, 0.5) is 9.52 Å². The molecule has 3 heterocycles. The number of alkyl halides is 1. The number of pyridine rings is 2. The van der Waals surface area contributed by atoms with Gasteiger partial charge in [0.1, 0.15) is 22.1 Å². The summed E-state index contributed by atoms with van der Waals surface area (Å²) in [5.74, 6) is -0.153. The van der Waals surface area contributed by atoms with Crippen molar-refractivity contribution in [1.29, 1.82) is 0 Å². The van der Waals surface area contributed by atoms with E-state index in [0.717, 1.165) is 12.1 Å². The van der Waals surface area contributed by atoms with Gasteiger partial charge in [-0.15, -0.1) is 10.2 Å². The molecule has 0 saturated heterocycles. The molecule has 2 atom stereocenters. The van der Waals surface area contributed by atoms with E-state index < -0.39 is 12.1 Å². The number of hydrogen-bond donors (Lipinski definition) is 1. The van der Waals surface area contributed by atoms with Gasteiger partial charge in [0, 0.05) is 28.9 Å². The highest BCUT2D eigenvalue weighted by atomic mass is 35.5. The molecule has 7 nitrogen and oxygen atoms in total. The highest BCUT2D eigenvalue weighted by Crippen LogP contribution is 2.41. The molecule has 1 fully saturated rings. The number of methoxy groups -OCH3 is 1. The van der Waals surface area contributed by atoms with Crippen molar-refractivity contribution in [1.82, 2.24) is 20.2 Å². The molecule has 0 unspecified atom stereocenters. The molecule has 0 aliphatic heterocycles. The van der Waals surface area contributed by atoms with Gasteiger partial charge >= 0.3 is 0 Å². The van der Waals surface area contributed by atoms with Crippen molar-refractivity contribution in [3.05, 3.63) is 45.9 Å². The fraction of sp³-hybridized carbons (Fsp3) is 0.316. The number of halogens is 2. The zero-order chi connectivity index (χ0) is 20.5. The predicted octanol–water partition coefficient (Wildman–Crippen LogP) is 4.43. The predicted molar refractivity (Wildman–Crippen MR) is 109 cm³/mol. The van der Waals surface area contributed by atoms with Crippen molar-refractivity contribution < 1.29 is 13.9 Å². The molecule has 0 radical (unpaired) electrons. The zero-order valence-corrected chi connectivity index (χ0v) is 17.2. The van der Waals surface area contributed by atoms with E-state index in [9.17, 15) is 9.18 Å². The summed E-state index contributed by atoms with van der Waals surface area (Å²) in [6.07, 6.45) is 3.39. The van der Waals surface area contributed by atoms with Crippen LogP contribution in [0.2, 0.25) is 5.15 Å². The Morgan fingerprint density at radius 1 is 1.24 bits per heavy atom. The van der Waals surface area contributed by atoms with Gasteiger partial charge in [-0.2, -0.15) is 0 Å². The summed E-state index contributed by atoms with van der Waals surface area (Å²) in [6.45, 7) is 1.82. The maximum atomic E-state index is 13.6. The summed E-state index contributed by atoms with van der Waals surface area (Å²) in [5.41, 5.74) is 2.27. The van der Waals surface area contributed by atoms with Crippen LogP contribution in [0, 0.1) is 6.92 Å². The largest absolute Gasteiger partial charge is 0.494 e. The van der Waals surface area contributed by atoms with Crippen molar-refractivity contribution in [2.75, 3.05) is 12.4 Å². The lowest BCUT2D eigenvalue weighted by Crippen LogP contribution is -2.24. The van der Waals surface area contributed by atoms with Crippen molar-refractivity contribution in [2.24, 2.45) is 0 Å². The number of anilines is 1. The fourth-order valence-electron chi connectivity index (χ4n) is 3.09. The van der Waals surface area contributed by atoms with Crippen LogP contribution in [0.5, 0.6) is 5.75 Å². The summed E-state index contributed by atoms with van der Waals surface area (Å²) >= 11 is 7.25. The van der Waals surface area contributed by atoms with E-state index in [1.54, 1.807) is 12.1 Å². The minimum absolute atomic E-state index is 0.224. The Balaban J connectivity index is 1.65.